The Kier molecular flexibility index (Phi) is 53.8. The number of ether oxygens (including phenoxy) is 3. The summed E-state index contributed by atoms with van der Waals surface area (Å²) in [5.74, 6) is -0.912. The molecule has 0 aromatic rings. The van der Waals surface area contributed by atoms with E-state index >= 15 is 0 Å². The van der Waals surface area contributed by atoms with Crippen molar-refractivity contribution in [2.75, 3.05) is 13.2 Å². The van der Waals surface area contributed by atoms with Crippen LogP contribution in [-0.4, -0.2) is 37.2 Å². The number of esters is 3. The molecule has 0 saturated carbocycles. The molecular weight excluding hydrogens is 841 g/mol. The molecule has 0 aromatic heterocycles. The SMILES string of the molecule is CCCCC/C=C\C/C=C\CCCCCCCCCCCC(=O)OCC(COC(=O)CCCCCCC/C=C\C/C=C\CCCCC)OC(=O)CCCCCCC/C=C\C/C=C\CCCCCC. The van der Waals surface area contributed by atoms with Crippen LogP contribution in [0, 0.1) is 0 Å². The van der Waals surface area contributed by atoms with Crippen LogP contribution >= 0.6 is 0 Å². The summed E-state index contributed by atoms with van der Waals surface area (Å²) in [5, 5.41) is 0. The van der Waals surface area contributed by atoms with Gasteiger partial charge in [0.2, 0.25) is 0 Å². The highest BCUT2D eigenvalue weighted by Crippen LogP contribution is 2.15. The summed E-state index contributed by atoms with van der Waals surface area (Å²) in [4.78, 5) is 38.2. The molecule has 0 saturated heterocycles. The van der Waals surface area contributed by atoms with Crippen LogP contribution in [0.15, 0.2) is 72.9 Å². The third-order valence-corrected chi connectivity index (χ3v) is 12.4. The maximum Gasteiger partial charge on any atom is 0.306 e. The summed E-state index contributed by atoms with van der Waals surface area (Å²) in [7, 11) is 0. The van der Waals surface area contributed by atoms with E-state index in [9.17, 15) is 14.4 Å². The zero-order chi connectivity index (χ0) is 49.3. The van der Waals surface area contributed by atoms with E-state index in [1.54, 1.807) is 0 Å². The van der Waals surface area contributed by atoms with E-state index in [1.807, 2.05) is 0 Å². The zero-order valence-corrected chi connectivity index (χ0v) is 44.9. The highest BCUT2D eigenvalue weighted by Gasteiger charge is 2.19. The van der Waals surface area contributed by atoms with Crippen molar-refractivity contribution in [1.82, 2.24) is 0 Å². The Labute approximate surface area is 421 Å². The van der Waals surface area contributed by atoms with Crippen LogP contribution in [0.2, 0.25) is 0 Å². The van der Waals surface area contributed by atoms with Crippen molar-refractivity contribution in [2.24, 2.45) is 0 Å². The van der Waals surface area contributed by atoms with Gasteiger partial charge in [0.05, 0.1) is 0 Å². The summed E-state index contributed by atoms with van der Waals surface area (Å²) in [6.07, 6.45) is 71.7. The molecular formula is C62H108O6. The molecule has 0 rings (SSSR count). The van der Waals surface area contributed by atoms with Crippen molar-refractivity contribution in [3.8, 4) is 0 Å². The lowest BCUT2D eigenvalue weighted by Crippen LogP contribution is -2.30. The Hall–Kier alpha value is -3.15. The minimum Gasteiger partial charge on any atom is -0.462 e. The molecule has 1 unspecified atom stereocenters. The molecule has 0 aliphatic carbocycles. The molecule has 0 radical (unpaired) electrons. The fourth-order valence-corrected chi connectivity index (χ4v) is 8.00. The average molecular weight is 950 g/mol. The van der Waals surface area contributed by atoms with Crippen LogP contribution in [0.25, 0.3) is 0 Å². The predicted molar refractivity (Wildman–Crippen MR) is 293 cm³/mol. The van der Waals surface area contributed by atoms with Gasteiger partial charge in [-0.05, 0) is 116 Å². The fraction of sp³-hybridized carbons (Fsp3) is 0.758. The Morgan fingerprint density at radius 3 is 0.838 bits per heavy atom. The first kappa shape index (κ1) is 64.8. The van der Waals surface area contributed by atoms with Crippen LogP contribution < -0.4 is 0 Å². The fourth-order valence-electron chi connectivity index (χ4n) is 8.00. The van der Waals surface area contributed by atoms with Crippen molar-refractivity contribution >= 4 is 17.9 Å². The topological polar surface area (TPSA) is 78.9 Å². The molecule has 0 aliphatic rings. The van der Waals surface area contributed by atoms with Gasteiger partial charge in [0.25, 0.3) is 0 Å². The predicted octanol–water partition coefficient (Wildman–Crippen LogP) is 19.4. The summed E-state index contributed by atoms with van der Waals surface area (Å²) in [5.41, 5.74) is 0. The van der Waals surface area contributed by atoms with Crippen LogP contribution in [0.1, 0.15) is 284 Å². The lowest BCUT2D eigenvalue weighted by atomic mass is 10.1. The normalized spacial score (nSPS) is 12.6. The zero-order valence-electron chi connectivity index (χ0n) is 44.9. The van der Waals surface area contributed by atoms with E-state index < -0.39 is 6.10 Å². The van der Waals surface area contributed by atoms with E-state index in [0.717, 1.165) is 109 Å². The molecule has 0 fully saturated rings. The van der Waals surface area contributed by atoms with Crippen LogP contribution in [0.3, 0.4) is 0 Å². The van der Waals surface area contributed by atoms with E-state index in [2.05, 4.69) is 93.7 Å². The van der Waals surface area contributed by atoms with E-state index in [-0.39, 0.29) is 31.1 Å². The van der Waals surface area contributed by atoms with Gasteiger partial charge < -0.3 is 14.2 Å². The van der Waals surface area contributed by atoms with Crippen LogP contribution in [-0.2, 0) is 28.6 Å². The first-order valence-corrected chi connectivity index (χ1v) is 28.9. The van der Waals surface area contributed by atoms with Crippen LogP contribution in [0.5, 0.6) is 0 Å². The molecule has 68 heavy (non-hydrogen) atoms. The minimum atomic E-state index is -0.791. The second-order valence-corrected chi connectivity index (χ2v) is 19.2. The number of allylic oxidation sites excluding steroid dienone is 12. The van der Waals surface area contributed by atoms with E-state index in [1.165, 1.54) is 135 Å². The number of hydrogen-bond donors (Lipinski definition) is 0. The Morgan fingerprint density at radius 1 is 0.294 bits per heavy atom. The Bertz CT molecular complexity index is 1270. The summed E-state index contributed by atoms with van der Waals surface area (Å²) in [6, 6.07) is 0. The molecule has 6 nitrogen and oxygen atoms in total. The highest BCUT2D eigenvalue weighted by atomic mass is 16.6. The van der Waals surface area contributed by atoms with Crippen LogP contribution in [0.4, 0.5) is 0 Å². The van der Waals surface area contributed by atoms with Gasteiger partial charge in [-0.1, -0.05) is 222 Å². The third kappa shape index (κ3) is 53.8. The van der Waals surface area contributed by atoms with Gasteiger partial charge in [-0.25, -0.2) is 0 Å². The van der Waals surface area contributed by atoms with E-state index in [0.29, 0.717) is 19.3 Å². The molecule has 0 N–H and O–H groups in total. The van der Waals surface area contributed by atoms with Crippen molar-refractivity contribution in [1.29, 1.82) is 0 Å². The summed E-state index contributed by atoms with van der Waals surface area (Å²) in [6.45, 7) is 6.56. The molecule has 1 atom stereocenters. The molecule has 0 spiro atoms. The van der Waals surface area contributed by atoms with Gasteiger partial charge in [-0.2, -0.15) is 0 Å². The number of unbranched alkanes of at least 4 members (excludes halogenated alkanes) is 29. The van der Waals surface area contributed by atoms with Crippen molar-refractivity contribution in [3.63, 3.8) is 0 Å². The van der Waals surface area contributed by atoms with Gasteiger partial charge in [-0.3, -0.25) is 14.4 Å². The van der Waals surface area contributed by atoms with Gasteiger partial charge in [0.1, 0.15) is 13.2 Å². The number of carbonyl (C=O) groups excluding carboxylic acids is 3. The number of carbonyl (C=O) groups is 3. The van der Waals surface area contributed by atoms with Crippen molar-refractivity contribution < 1.29 is 28.6 Å². The van der Waals surface area contributed by atoms with Crippen molar-refractivity contribution in [2.45, 2.75) is 290 Å². The molecule has 0 heterocycles. The molecule has 0 aromatic carbocycles. The lowest BCUT2D eigenvalue weighted by molar-refractivity contribution is -0.167. The lowest BCUT2D eigenvalue weighted by Gasteiger charge is -2.18. The smallest absolute Gasteiger partial charge is 0.306 e. The van der Waals surface area contributed by atoms with Gasteiger partial charge in [-0.15, -0.1) is 0 Å². The highest BCUT2D eigenvalue weighted by molar-refractivity contribution is 5.71. The minimum absolute atomic E-state index is 0.0875. The summed E-state index contributed by atoms with van der Waals surface area (Å²) >= 11 is 0. The quantitative estimate of drug-likeness (QED) is 0.0262. The van der Waals surface area contributed by atoms with Crippen molar-refractivity contribution in [3.05, 3.63) is 72.9 Å². The Morgan fingerprint density at radius 2 is 0.529 bits per heavy atom. The van der Waals surface area contributed by atoms with E-state index in [4.69, 9.17) is 14.2 Å². The molecule has 0 aliphatic heterocycles. The van der Waals surface area contributed by atoms with Gasteiger partial charge in [0.15, 0.2) is 6.10 Å². The number of rotatable bonds is 52. The second-order valence-electron chi connectivity index (χ2n) is 19.2. The molecule has 0 amide bonds. The molecule has 392 valence electrons. The van der Waals surface area contributed by atoms with Gasteiger partial charge in [0, 0.05) is 19.3 Å². The first-order valence-electron chi connectivity index (χ1n) is 28.9. The Balaban J connectivity index is 4.41. The maximum absolute atomic E-state index is 12.9. The second kappa shape index (κ2) is 56.4. The monoisotopic (exact) mass is 949 g/mol. The first-order chi connectivity index (χ1) is 33.5. The third-order valence-electron chi connectivity index (χ3n) is 12.4. The van der Waals surface area contributed by atoms with Gasteiger partial charge >= 0.3 is 17.9 Å². The standard InChI is InChI=1S/C62H108O6/c1-4-7-10-13-16-19-22-25-28-30-31-32-35-37-40-43-46-49-52-55-61(64)67-58-59(57-66-60(63)54-51-48-45-42-39-36-33-27-24-21-18-15-12-9-6-3)68-62(65)56-53-50-47-44-41-38-34-29-26-23-20-17-14-11-8-5-2/h16,18-21,23,25,27-29,33-34,59H,4-15,17,22,24,26,30-32,35-58H2,1-3H3/b19-16-,21-18-,23-20-,28-25-,33-27-,34-29-. The molecule has 0 bridgehead atoms. The largest absolute Gasteiger partial charge is 0.462 e. The number of hydrogen-bond acceptors (Lipinski definition) is 6. The summed E-state index contributed by atoms with van der Waals surface area (Å²) < 4.78 is 16.9. The molecule has 6 heteroatoms. The maximum atomic E-state index is 12.9. The average Bonchev–Trinajstić information content (AvgIpc) is 3.34.